The molecule has 1 aromatic rings. The molecule has 0 atom stereocenters. The molecule has 0 aliphatic rings. The molecule has 0 amide bonds. The lowest BCUT2D eigenvalue weighted by Crippen LogP contribution is -2.05. The minimum atomic E-state index is 0.308. The van der Waals surface area contributed by atoms with Crippen LogP contribution >= 0.6 is 0 Å². The largest absolute Gasteiger partial charge is 0.496 e. The van der Waals surface area contributed by atoms with Crippen LogP contribution in [0.15, 0.2) is 6.20 Å². The van der Waals surface area contributed by atoms with Crippen LogP contribution in [-0.4, -0.2) is 12.1 Å². The zero-order valence-electron chi connectivity index (χ0n) is 8.13. The molecule has 4 nitrogen and oxygen atoms in total. The Hall–Kier alpha value is -1.13. The van der Waals surface area contributed by atoms with Crippen LogP contribution < -0.4 is 10.6 Å². The quantitative estimate of drug-likeness (QED) is 0.711. The lowest BCUT2D eigenvalue weighted by Gasteiger charge is -2.10. The van der Waals surface area contributed by atoms with Gasteiger partial charge in [-0.15, -0.1) is 0 Å². The third-order valence-electron chi connectivity index (χ3n) is 1.97. The Kier molecular flexibility index (Phi) is 3.22. The molecular weight excluding hydrogens is 168 g/mol. The number of hydrogen-bond donors (Lipinski definition) is 1. The van der Waals surface area contributed by atoms with Gasteiger partial charge in [-0.3, -0.25) is 9.82 Å². The fraction of sp³-hybridized carbons (Fsp3) is 0.444. The highest BCUT2D eigenvalue weighted by Crippen LogP contribution is 2.23. The van der Waals surface area contributed by atoms with Gasteiger partial charge in [0.15, 0.2) is 0 Å². The zero-order valence-corrected chi connectivity index (χ0v) is 8.13. The SMILES string of the molecule is COc1c(C)cnc(CON)c1C. The number of aromatic nitrogens is 1. The Labute approximate surface area is 77.6 Å². The molecule has 0 fully saturated rings. The summed E-state index contributed by atoms with van der Waals surface area (Å²) in [6.07, 6.45) is 1.75. The molecule has 0 spiro atoms. The molecule has 0 saturated heterocycles. The number of methoxy groups -OCH3 is 1. The molecule has 0 aromatic carbocycles. The number of pyridine rings is 1. The van der Waals surface area contributed by atoms with E-state index in [2.05, 4.69) is 9.82 Å². The number of hydrogen-bond acceptors (Lipinski definition) is 4. The molecule has 13 heavy (non-hydrogen) atoms. The van der Waals surface area contributed by atoms with Crippen LogP contribution in [0.4, 0.5) is 0 Å². The molecule has 0 saturated carbocycles. The molecule has 1 heterocycles. The molecule has 1 aromatic heterocycles. The first kappa shape index (κ1) is 9.95. The number of nitrogens with zero attached hydrogens (tertiary/aromatic N) is 1. The number of aryl methyl sites for hydroxylation is 1. The Bertz CT molecular complexity index is 300. The van der Waals surface area contributed by atoms with Crippen LogP contribution in [-0.2, 0) is 11.4 Å². The Morgan fingerprint density at radius 3 is 2.69 bits per heavy atom. The molecule has 0 bridgehead atoms. The third kappa shape index (κ3) is 1.96. The standard InChI is InChI=1S/C9H14N2O2/c1-6-4-11-8(5-13-10)7(2)9(6)12-3/h4H,5,10H2,1-3H3. The van der Waals surface area contributed by atoms with E-state index in [9.17, 15) is 0 Å². The van der Waals surface area contributed by atoms with Crippen LogP contribution in [0.3, 0.4) is 0 Å². The molecular formula is C9H14N2O2. The van der Waals surface area contributed by atoms with Gasteiger partial charge >= 0.3 is 0 Å². The average Bonchev–Trinajstić information content (AvgIpc) is 2.11. The van der Waals surface area contributed by atoms with Crippen LogP contribution in [0.2, 0.25) is 0 Å². The van der Waals surface area contributed by atoms with Crippen molar-refractivity contribution in [2.75, 3.05) is 7.11 Å². The van der Waals surface area contributed by atoms with Crippen molar-refractivity contribution < 1.29 is 9.57 Å². The highest BCUT2D eigenvalue weighted by atomic mass is 16.6. The molecule has 72 valence electrons. The highest BCUT2D eigenvalue weighted by Gasteiger charge is 2.08. The highest BCUT2D eigenvalue weighted by molar-refractivity contribution is 5.40. The van der Waals surface area contributed by atoms with E-state index < -0.39 is 0 Å². The number of nitrogens with two attached hydrogens (primary N) is 1. The molecule has 0 unspecified atom stereocenters. The minimum Gasteiger partial charge on any atom is -0.496 e. The van der Waals surface area contributed by atoms with E-state index in [1.165, 1.54) is 0 Å². The van der Waals surface area contributed by atoms with Gasteiger partial charge in [-0.2, -0.15) is 0 Å². The number of ether oxygens (including phenoxy) is 1. The van der Waals surface area contributed by atoms with E-state index in [0.717, 1.165) is 22.6 Å². The summed E-state index contributed by atoms with van der Waals surface area (Å²) in [5.41, 5.74) is 2.80. The molecule has 4 heteroatoms. The van der Waals surface area contributed by atoms with Crippen molar-refractivity contribution in [3.8, 4) is 5.75 Å². The van der Waals surface area contributed by atoms with Crippen LogP contribution in [0.25, 0.3) is 0 Å². The van der Waals surface area contributed by atoms with E-state index >= 15 is 0 Å². The van der Waals surface area contributed by atoms with E-state index in [0.29, 0.717) is 6.61 Å². The first-order valence-corrected chi connectivity index (χ1v) is 4.01. The van der Waals surface area contributed by atoms with Gasteiger partial charge in [0.2, 0.25) is 0 Å². The van der Waals surface area contributed by atoms with E-state index in [1.807, 2.05) is 13.8 Å². The summed E-state index contributed by atoms with van der Waals surface area (Å²) in [5.74, 6) is 5.83. The van der Waals surface area contributed by atoms with Gasteiger partial charge in [-0.25, -0.2) is 5.90 Å². The Morgan fingerprint density at radius 1 is 1.46 bits per heavy atom. The third-order valence-corrected chi connectivity index (χ3v) is 1.97. The first-order valence-electron chi connectivity index (χ1n) is 4.01. The molecule has 1 rings (SSSR count). The maximum absolute atomic E-state index is 5.23. The lowest BCUT2D eigenvalue weighted by atomic mass is 10.1. The van der Waals surface area contributed by atoms with Gasteiger partial charge in [-0.1, -0.05) is 0 Å². The van der Waals surface area contributed by atoms with Gasteiger partial charge in [-0.05, 0) is 13.8 Å². The average molecular weight is 182 g/mol. The smallest absolute Gasteiger partial charge is 0.128 e. The summed E-state index contributed by atoms with van der Waals surface area (Å²) in [5, 5.41) is 0. The predicted molar refractivity (Wildman–Crippen MR) is 49.2 cm³/mol. The fourth-order valence-corrected chi connectivity index (χ4v) is 1.30. The first-order chi connectivity index (χ1) is 6.20. The topological polar surface area (TPSA) is 57.4 Å². The van der Waals surface area contributed by atoms with Crippen LogP contribution in [0.1, 0.15) is 16.8 Å². The van der Waals surface area contributed by atoms with Crippen LogP contribution in [0, 0.1) is 13.8 Å². The molecule has 0 aliphatic heterocycles. The van der Waals surface area contributed by atoms with E-state index in [-0.39, 0.29) is 0 Å². The maximum atomic E-state index is 5.23. The van der Waals surface area contributed by atoms with E-state index in [1.54, 1.807) is 13.3 Å². The Morgan fingerprint density at radius 2 is 2.15 bits per heavy atom. The van der Waals surface area contributed by atoms with Crippen molar-refractivity contribution in [2.45, 2.75) is 20.5 Å². The Balaban J connectivity index is 3.11. The maximum Gasteiger partial charge on any atom is 0.128 e. The normalized spacial score (nSPS) is 10.2. The summed E-state index contributed by atoms with van der Waals surface area (Å²) in [6, 6.07) is 0. The second-order valence-electron chi connectivity index (χ2n) is 2.86. The molecule has 0 radical (unpaired) electrons. The zero-order chi connectivity index (χ0) is 9.84. The lowest BCUT2D eigenvalue weighted by molar-refractivity contribution is 0.120. The van der Waals surface area contributed by atoms with Crippen molar-refractivity contribution in [1.29, 1.82) is 0 Å². The van der Waals surface area contributed by atoms with Crippen molar-refractivity contribution in [3.05, 3.63) is 23.0 Å². The summed E-state index contributed by atoms with van der Waals surface area (Å²) in [7, 11) is 1.64. The fourth-order valence-electron chi connectivity index (χ4n) is 1.30. The predicted octanol–water partition coefficient (Wildman–Crippen LogP) is 1.10. The second-order valence-corrected chi connectivity index (χ2v) is 2.86. The van der Waals surface area contributed by atoms with Gasteiger partial charge in [0, 0.05) is 17.3 Å². The van der Waals surface area contributed by atoms with Crippen molar-refractivity contribution >= 4 is 0 Å². The van der Waals surface area contributed by atoms with Crippen molar-refractivity contribution in [1.82, 2.24) is 4.98 Å². The molecule has 0 aliphatic carbocycles. The summed E-state index contributed by atoms with van der Waals surface area (Å²) in [6.45, 7) is 4.20. The van der Waals surface area contributed by atoms with Crippen molar-refractivity contribution in [3.63, 3.8) is 0 Å². The summed E-state index contributed by atoms with van der Waals surface area (Å²) < 4.78 is 5.23. The van der Waals surface area contributed by atoms with Crippen LogP contribution in [0.5, 0.6) is 5.75 Å². The van der Waals surface area contributed by atoms with Crippen molar-refractivity contribution in [2.24, 2.45) is 5.90 Å². The van der Waals surface area contributed by atoms with E-state index in [4.69, 9.17) is 10.6 Å². The van der Waals surface area contributed by atoms with Gasteiger partial charge < -0.3 is 4.74 Å². The monoisotopic (exact) mass is 182 g/mol. The van der Waals surface area contributed by atoms with Gasteiger partial charge in [0.05, 0.1) is 12.8 Å². The number of rotatable bonds is 3. The summed E-state index contributed by atoms with van der Waals surface area (Å²) >= 11 is 0. The molecule has 2 N–H and O–H groups in total. The second kappa shape index (κ2) is 4.20. The van der Waals surface area contributed by atoms with Gasteiger partial charge in [0.25, 0.3) is 0 Å². The summed E-state index contributed by atoms with van der Waals surface area (Å²) in [4.78, 5) is 8.72. The van der Waals surface area contributed by atoms with Gasteiger partial charge in [0.1, 0.15) is 12.4 Å². The minimum absolute atomic E-state index is 0.308.